The Bertz CT molecular complexity index is 1530. The van der Waals surface area contributed by atoms with Crippen molar-refractivity contribution in [2.45, 2.75) is 25.9 Å². The number of carbonyl (C=O) groups excluding carboxylic acids is 2. The molecule has 0 aromatic heterocycles. The maximum absolute atomic E-state index is 12.7. The SMILES string of the molecule is N#Cc1cccc(CN(Cc2ccc(-c3cccc(C(=O)NCCCc4ccccc4)c3)cc2)C(=O)C(=O)O)c1. The van der Waals surface area contributed by atoms with E-state index in [0.717, 1.165) is 29.5 Å². The number of nitrogens with one attached hydrogen (secondary N) is 1. The van der Waals surface area contributed by atoms with Crippen LogP contribution in [0.2, 0.25) is 0 Å². The number of amides is 2. The van der Waals surface area contributed by atoms with Crippen molar-refractivity contribution in [3.63, 3.8) is 0 Å². The molecule has 0 unspecified atom stereocenters. The lowest BCUT2D eigenvalue weighted by molar-refractivity contribution is -0.156. The molecular weight excluding hydrogens is 502 g/mol. The Hall–Kier alpha value is -5.22. The summed E-state index contributed by atoms with van der Waals surface area (Å²) in [4.78, 5) is 37.8. The second kappa shape index (κ2) is 13.5. The van der Waals surface area contributed by atoms with Crippen LogP contribution in [0.3, 0.4) is 0 Å². The molecule has 0 aliphatic carbocycles. The van der Waals surface area contributed by atoms with Gasteiger partial charge in [0.1, 0.15) is 0 Å². The van der Waals surface area contributed by atoms with E-state index in [1.165, 1.54) is 10.5 Å². The molecule has 4 aromatic rings. The second-order valence-electron chi connectivity index (χ2n) is 9.40. The van der Waals surface area contributed by atoms with Gasteiger partial charge in [0, 0.05) is 25.2 Å². The van der Waals surface area contributed by atoms with Crippen molar-refractivity contribution in [2.75, 3.05) is 6.54 Å². The van der Waals surface area contributed by atoms with Gasteiger partial charge in [0.25, 0.3) is 5.91 Å². The Morgan fingerprint density at radius 2 is 1.45 bits per heavy atom. The lowest BCUT2D eigenvalue weighted by atomic mass is 10.0. The van der Waals surface area contributed by atoms with Gasteiger partial charge in [-0.2, -0.15) is 5.26 Å². The van der Waals surface area contributed by atoms with Crippen molar-refractivity contribution in [2.24, 2.45) is 0 Å². The fraction of sp³-hybridized carbons (Fsp3) is 0.152. The van der Waals surface area contributed by atoms with Crippen LogP contribution in [0, 0.1) is 11.3 Å². The van der Waals surface area contributed by atoms with Gasteiger partial charge in [-0.1, -0.05) is 78.9 Å². The first-order valence-electron chi connectivity index (χ1n) is 13.0. The molecule has 0 aliphatic rings. The van der Waals surface area contributed by atoms with Crippen molar-refractivity contribution in [3.8, 4) is 17.2 Å². The van der Waals surface area contributed by atoms with E-state index in [9.17, 15) is 19.5 Å². The van der Waals surface area contributed by atoms with Gasteiger partial charge in [0.15, 0.2) is 0 Å². The number of nitrogens with zero attached hydrogens (tertiary/aromatic N) is 2. The molecule has 40 heavy (non-hydrogen) atoms. The number of aryl methyl sites for hydroxylation is 1. The first kappa shape index (κ1) is 27.8. The van der Waals surface area contributed by atoms with Crippen molar-refractivity contribution in [3.05, 3.63) is 131 Å². The van der Waals surface area contributed by atoms with Gasteiger partial charge < -0.3 is 15.3 Å². The van der Waals surface area contributed by atoms with E-state index in [-0.39, 0.29) is 19.0 Å². The highest BCUT2D eigenvalue weighted by Crippen LogP contribution is 2.22. The summed E-state index contributed by atoms with van der Waals surface area (Å²) >= 11 is 0. The molecule has 7 nitrogen and oxygen atoms in total. The molecule has 0 heterocycles. The number of hydrogen-bond acceptors (Lipinski definition) is 4. The van der Waals surface area contributed by atoms with Crippen molar-refractivity contribution in [1.29, 1.82) is 5.26 Å². The van der Waals surface area contributed by atoms with Crippen LogP contribution >= 0.6 is 0 Å². The summed E-state index contributed by atoms with van der Waals surface area (Å²) in [5, 5.41) is 21.4. The lowest BCUT2D eigenvalue weighted by Crippen LogP contribution is -2.35. The zero-order valence-electron chi connectivity index (χ0n) is 21.9. The molecule has 0 radical (unpaired) electrons. The Kier molecular flexibility index (Phi) is 9.41. The smallest absolute Gasteiger partial charge is 0.394 e. The number of benzene rings is 4. The van der Waals surface area contributed by atoms with Gasteiger partial charge in [-0.15, -0.1) is 0 Å². The summed E-state index contributed by atoms with van der Waals surface area (Å²) < 4.78 is 0. The van der Waals surface area contributed by atoms with E-state index in [4.69, 9.17) is 5.26 Å². The number of carbonyl (C=O) groups is 3. The minimum absolute atomic E-state index is 0.0604. The molecule has 4 aromatic carbocycles. The summed E-state index contributed by atoms with van der Waals surface area (Å²) in [7, 11) is 0. The molecule has 0 saturated carbocycles. The Labute approximate surface area is 233 Å². The standard InChI is InChI=1S/C33H29N3O4/c34-21-26-9-4-10-27(19-26)23-36(32(38)33(39)40)22-25-14-16-28(17-15-25)29-12-5-13-30(20-29)31(37)35-18-6-11-24-7-2-1-3-8-24/h1-5,7-10,12-17,19-20H,6,11,18,22-23H2,(H,35,37)(H,39,40). The fourth-order valence-electron chi connectivity index (χ4n) is 4.40. The number of carboxylic acid groups (broad SMARTS) is 1. The average molecular weight is 532 g/mol. The van der Waals surface area contributed by atoms with Gasteiger partial charge in [-0.05, 0) is 64.9 Å². The summed E-state index contributed by atoms with van der Waals surface area (Å²) in [5.74, 6) is -2.69. The molecule has 0 saturated heterocycles. The second-order valence-corrected chi connectivity index (χ2v) is 9.40. The quantitative estimate of drug-likeness (QED) is 0.216. The zero-order valence-corrected chi connectivity index (χ0v) is 21.9. The maximum atomic E-state index is 12.7. The van der Waals surface area contributed by atoms with E-state index in [1.807, 2.05) is 66.7 Å². The molecule has 0 spiro atoms. The fourth-order valence-corrected chi connectivity index (χ4v) is 4.40. The highest BCUT2D eigenvalue weighted by atomic mass is 16.4. The maximum Gasteiger partial charge on any atom is 0.394 e. The van der Waals surface area contributed by atoms with E-state index in [0.29, 0.717) is 23.2 Å². The first-order chi connectivity index (χ1) is 19.4. The molecule has 2 N–H and O–H groups in total. The minimum Gasteiger partial charge on any atom is -0.474 e. The van der Waals surface area contributed by atoms with Crippen LogP contribution in [-0.4, -0.2) is 34.3 Å². The zero-order chi connectivity index (χ0) is 28.3. The monoisotopic (exact) mass is 531 g/mol. The van der Waals surface area contributed by atoms with Crippen molar-refractivity contribution < 1.29 is 19.5 Å². The lowest BCUT2D eigenvalue weighted by Gasteiger charge is -2.21. The molecule has 2 amide bonds. The predicted molar refractivity (Wildman–Crippen MR) is 152 cm³/mol. The largest absolute Gasteiger partial charge is 0.474 e. The van der Waals surface area contributed by atoms with Crippen molar-refractivity contribution in [1.82, 2.24) is 10.2 Å². The summed E-state index contributed by atoms with van der Waals surface area (Å²) in [5.41, 5.74) is 5.43. The van der Waals surface area contributed by atoms with Crippen LogP contribution in [0.25, 0.3) is 11.1 Å². The van der Waals surface area contributed by atoms with Crippen LogP contribution < -0.4 is 5.32 Å². The summed E-state index contributed by atoms with van der Waals surface area (Å²) in [6.07, 6.45) is 1.75. The average Bonchev–Trinajstić information content (AvgIpc) is 2.99. The van der Waals surface area contributed by atoms with Gasteiger partial charge >= 0.3 is 11.9 Å². The third kappa shape index (κ3) is 7.65. The van der Waals surface area contributed by atoms with Gasteiger partial charge in [-0.25, -0.2) is 4.79 Å². The molecule has 0 fully saturated rings. The van der Waals surface area contributed by atoms with E-state index < -0.39 is 11.9 Å². The molecule has 0 aliphatic heterocycles. The molecule has 7 heteroatoms. The Morgan fingerprint density at radius 1 is 0.750 bits per heavy atom. The molecule has 0 atom stereocenters. The van der Waals surface area contributed by atoms with E-state index in [1.54, 1.807) is 30.3 Å². The van der Waals surface area contributed by atoms with Crippen LogP contribution in [0.1, 0.15) is 39.0 Å². The molecule has 0 bridgehead atoms. The van der Waals surface area contributed by atoms with Crippen LogP contribution in [-0.2, 0) is 29.1 Å². The normalized spacial score (nSPS) is 10.4. The van der Waals surface area contributed by atoms with E-state index in [2.05, 4.69) is 17.4 Å². The Morgan fingerprint density at radius 3 is 2.17 bits per heavy atom. The number of aliphatic carboxylic acids is 1. The highest BCUT2D eigenvalue weighted by Gasteiger charge is 2.21. The van der Waals surface area contributed by atoms with Crippen molar-refractivity contribution >= 4 is 17.8 Å². The first-order valence-corrected chi connectivity index (χ1v) is 13.0. The topological polar surface area (TPSA) is 111 Å². The number of nitriles is 1. The number of carboxylic acids is 1. The minimum atomic E-state index is -1.54. The van der Waals surface area contributed by atoms with Crippen LogP contribution in [0.4, 0.5) is 0 Å². The number of rotatable bonds is 10. The van der Waals surface area contributed by atoms with Crippen LogP contribution in [0.5, 0.6) is 0 Å². The van der Waals surface area contributed by atoms with Gasteiger partial charge in [-0.3, -0.25) is 9.59 Å². The van der Waals surface area contributed by atoms with E-state index >= 15 is 0 Å². The van der Waals surface area contributed by atoms with Crippen LogP contribution in [0.15, 0.2) is 103 Å². The summed E-state index contributed by atoms with van der Waals surface area (Å²) in [6, 6.07) is 33.7. The molecule has 4 rings (SSSR count). The highest BCUT2D eigenvalue weighted by molar-refractivity contribution is 6.31. The third-order valence-electron chi connectivity index (χ3n) is 6.46. The molecule has 200 valence electrons. The van der Waals surface area contributed by atoms with Gasteiger partial charge in [0.05, 0.1) is 11.6 Å². The third-order valence-corrected chi connectivity index (χ3v) is 6.46. The summed E-state index contributed by atoms with van der Waals surface area (Å²) in [6.45, 7) is 0.734. The predicted octanol–water partition coefficient (Wildman–Crippen LogP) is 5.20. The molecular formula is C33H29N3O4. The number of hydrogen-bond donors (Lipinski definition) is 2. The van der Waals surface area contributed by atoms with Gasteiger partial charge in [0.2, 0.25) is 0 Å². The Balaban J connectivity index is 1.39.